The number of nitrogens with two attached hydrogens (primary N) is 1. The van der Waals surface area contributed by atoms with Crippen molar-refractivity contribution in [2.45, 2.75) is 31.8 Å². The Morgan fingerprint density at radius 2 is 2.00 bits per heavy atom. The van der Waals surface area contributed by atoms with Gasteiger partial charge in [-0.1, -0.05) is 12.1 Å². The number of nitrogens with zero attached hydrogens (tertiary/aromatic N) is 2. The average molecular weight is 247 g/mol. The van der Waals surface area contributed by atoms with E-state index in [1.54, 1.807) is 0 Å². The molecule has 0 atom stereocenters. The Morgan fingerprint density at radius 1 is 1.22 bits per heavy atom. The van der Waals surface area contributed by atoms with Crippen LogP contribution < -0.4 is 5.73 Å². The van der Waals surface area contributed by atoms with Gasteiger partial charge in [-0.15, -0.1) is 0 Å². The summed E-state index contributed by atoms with van der Waals surface area (Å²) in [5.74, 6) is 0. The molecular weight excluding hydrogens is 222 g/mol. The Kier molecular flexibility index (Phi) is 4.61. The summed E-state index contributed by atoms with van der Waals surface area (Å²) in [6, 6.07) is 9.10. The summed E-state index contributed by atoms with van der Waals surface area (Å²) < 4.78 is 0. The molecule has 100 valence electrons. The summed E-state index contributed by atoms with van der Waals surface area (Å²) in [5, 5.41) is 0. The Balaban J connectivity index is 1.86. The summed E-state index contributed by atoms with van der Waals surface area (Å²) >= 11 is 0. The van der Waals surface area contributed by atoms with Gasteiger partial charge < -0.3 is 10.6 Å². The van der Waals surface area contributed by atoms with Gasteiger partial charge in [0.15, 0.2) is 0 Å². The fourth-order valence-corrected chi connectivity index (χ4v) is 2.35. The van der Waals surface area contributed by atoms with Crippen LogP contribution in [0.25, 0.3) is 0 Å². The molecule has 1 aliphatic carbocycles. The summed E-state index contributed by atoms with van der Waals surface area (Å²) in [6.07, 6.45) is 3.97. The summed E-state index contributed by atoms with van der Waals surface area (Å²) in [4.78, 5) is 4.86. The van der Waals surface area contributed by atoms with Gasteiger partial charge in [0.25, 0.3) is 0 Å². The van der Waals surface area contributed by atoms with Gasteiger partial charge in [-0.2, -0.15) is 0 Å². The van der Waals surface area contributed by atoms with Crippen molar-refractivity contribution in [1.29, 1.82) is 0 Å². The number of rotatable bonds is 7. The van der Waals surface area contributed by atoms with E-state index < -0.39 is 0 Å². The van der Waals surface area contributed by atoms with Crippen LogP contribution in [-0.4, -0.2) is 43.0 Å². The predicted octanol–water partition coefficient (Wildman–Crippen LogP) is 2.18. The molecule has 0 heterocycles. The molecule has 0 radical (unpaired) electrons. The van der Waals surface area contributed by atoms with Gasteiger partial charge in [0.1, 0.15) is 0 Å². The maximum atomic E-state index is 5.84. The van der Waals surface area contributed by atoms with Gasteiger partial charge in [-0.05, 0) is 64.1 Å². The highest BCUT2D eigenvalue weighted by Crippen LogP contribution is 2.28. The van der Waals surface area contributed by atoms with Gasteiger partial charge in [0.2, 0.25) is 0 Å². The van der Waals surface area contributed by atoms with E-state index >= 15 is 0 Å². The van der Waals surface area contributed by atoms with Gasteiger partial charge in [0, 0.05) is 18.3 Å². The molecular formula is C15H25N3. The minimum absolute atomic E-state index is 0.814. The fraction of sp³-hybridized carbons (Fsp3) is 0.600. The topological polar surface area (TPSA) is 32.5 Å². The quantitative estimate of drug-likeness (QED) is 0.750. The zero-order chi connectivity index (χ0) is 13.0. The molecule has 0 unspecified atom stereocenters. The molecule has 0 spiro atoms. The van der Waals surface area contributed by atoms with Crippen molar-refractivity contribution in [3.63, 3.8) is 0 Å². The minimum Gasteiger partial charge on any atom is -0.399 e. The van der Waals surface area contributed by atoms with Crippen LogP contribution in [0.2, 0.25) is 0 Å². The lowest BCUT2D eigenvalue weighted by atomic mass is 10.2. The molecule has 0 aromatic heterocycles. The lowest BCUT2D eigenvalue weighted by molar-refractivity contribution is 0.238. The maximum absolute atomic E-state index is 5.84. The van der Waals surface area contributed by atoms with Crippen LogP contribution in [0.4, 0.5) is 5.69 Å². The molecule has 0 saturated heterocycles. The Morgan fingerprint density at radius 3 is 2.61 bits per heavy atom. The molecule has 2 N–H and O–H groups in total. The summed E-state index contributed by atoms with van der Waals surface area (Å²) in [7, 11) is 4.28. The zero-order valence-electron chi connectivity index (χ0n) is 11.6. The summed E-state index contributed by atoms with van der Waals surface area (Å²) in [5.41, 5.74) is 8.05. The third kappa shape index (κ3) is 4.31. The maximum Gasteiger partial charge on any atom is 0.0317 e. The van der Waals surface area contributed by atoms with Crippen molar-refractivity contribution in [3.05, 3.63) is 29.8 Å². The van der Waals surface area contributed by atoms with E-state index in [9.17, 15) is 0 Å². The number of nitrogen functional groups attached to an aromatic ring is 1. The lowest BCUT2D eigenvalue weighted by Gasteiger charge is -2.23. The Hall–Kier alpha value is -1.06. The normalized spacial score (nSPS) is 15.6. The molecule has 18 heavy (non-hydrogen) atoms. The average Bonchev–Trinajstić information content (AvgIpc) is 3.11. The smallest absolute Gasteiger partial charge is 0.0317 e. The van der Waals surface area contributed by atoms with E-state index in [0.29, 0.717) is 0 Å². The van der Waals surface area contributed by atoms with E-state index in [-0.39, 0.29) is 0 Å². The molecule has 1 fully saturated rings. The molecule has 3 heteroatoms. The molecule has 0 amide bonds. The van der Waals surface area contributed by atoms with Gasteiger partial charge in [-0.3, -0.25) is 4.90 Å². The van der Waals surface area contributed by atoms with Crippen molar-refractivity contribution in [2.75, 3.05) is 32.9 Å². The molecule has 1 aromatic carbocycles. The third-order valence-electron chi connectivity index (χ3n) is 3.45. The van der Waals surface area contributed by atoms with Crippen LogP contribution in [0.15, 0.2) is 24.3 Å². The van der Waals surface area contributed by atoms with Crippen molar-refractivity contribution < 1.29 is 0 Å². The second-order valence-electron chi connectivity index (χ2n) is 5.60. The fourth-order valence-electron chi connectivity index (χ4n) is 2.35. The van der Waals surface area contributed by atoms with Crippen LogP contribution in [-0.2, 0) is 6.54 Å². The number of hydrogen-bond acceptors (Lipinski definition) is 3. The highest BCUT2D eigenvalue weighted by atomic mass is 15.2. The molecule has 0 aliphatic heterocycles. The van der Waals surface area contributed by atoms with Gasteiger partial charge >= 0.3 is 0 Å². The monoisotopic (exact) mass is 247 g/mol. The standard InChI is InChI=1S/C15H25N3/c1-17(2)9-4-10-18(15-7-8-15)12-13-5-3-6-14(16)11-13/h3,5-6,11,15H,4,7-10,12,16H2,1-2H3. The van der Waals surface area contributed by atoms with Crippen LogP contribution in [0, 0.1) is 0 Å². The molecule has 2 rings (SSSR count). The van der Waals surface area contributed by atoms with Gasteiger partial charge in [-0.25, -0.2) is 0 Å². The first kappa shape index (κ1) is 13.4. The highest BCUT2D eigenvalue weighted by Gasteiger charge is 2.28. The van der Waals surface area contributed by atoms with E-state index in [0.717, 1.165) is 18.3 Å². The van der Waals surface area contributed by atoms with E-state index in [4.69, 9.17) is 5.73 Å². The highest BCUT2D eigenvalue weighted by molar-refractivity contribution is 5.40. The van der Waals surface area contributed by atoms with Crippen molar-refractivity contribution in [2.24, 2.45) is 0 Å². The molecule has 1 saturated carbocycles. The van der Waals surface area contributed by atoms with Gasteiger partial charge in [0.05, 0.1) is 0 Å². The first-order valence-electron chi connectivity index (χ1n) is 6.88. The van der Waals surface area contributed by atoms with Crippen LogP contribution >= 0.6 is 0 Å². The lowest BCUT2D eigenvalue weighted by Crippen LogP contribution is -2.29. The Bertz CT molecular complexity index is 372. The van der Waals surface area contributed by atoms with Crippen molar-refractivity contribution in [1.82, 2.24) is 9.80 Å². The van der Waals surface area contributed by atoms with Crippen molar-refractivity contribution >= 4 is 5.69 Å². The molecule has 3 nitrogen and oxygen atoms in total. The predicted molar refractivity (Wildman–Crippen MR) is 77.5 cm³/mol. The second kappa shape index (κ2) is 6.21. The number of hydrogen-bond donors (Lipinski definition) is 1. The van der Waals surface area contributed by atoms with Crippen molar-refractivity contribution in [3.8, 4) is 0 Å². The zero-order valence-corrected chi connectivity index (χ0v) is 11.6. The largest absolute Gasteiger partial charge is 0.399 e. The van der Waals surface area contributed by atoms with Crippen LogP contribution in [0.1, 0.15) is 24.8 Å². The third-order valence-corrected chi connectivity index (χ3v) is 3.45. The first-order valence-corrected chi connectivity index (χ1v) is 6.88. The van der Waals surface area contributed by atoms with E-state index in [1.807, 2.05) is 6.07 Å². The molecule has 1 aromatic rings. The second-order valence-corrected chi connectivity index (χ2v) is 5.60. The number of anilines is 1. The minimum atomic E-state index is 0.814. The van der Waals surface area contributed by atoms with E-state index in [1.165, 1.54) is 37.9 Å². The number of benzene rings is 1. The molecule has 0 bridgehead atoms. The van der Waals surface area contributed by atoms with Crippen LogP contribution in [0.3, 0.4) is 0 Å². The Labute approximate surface area is 111 Å². The van der Waals surface area contributed by atoms with Crippen LogP contribution in [0.5, 0.6) is 0 Å². The SMILES string of the molecule is CN(C)CCCN(Cc1cccc(N)c1)C1CC1. The first-order chi connectivity index (χ1) is 8.65. The summed E-state index contributed by atoms with van der Waals surface area (Å²) in [6.45, 7) is 3.40. The van der Waals surface area contributed by atoms with E-state index in [2.05, 4.69) is 42.1 Å². The molecule has 1 aliphatic rings.